The van der Waals surface area contributed by atoms with Gasteiger partial charge >= 0.3 is 0 Å². The summed E-state index contributed by atoms with van der Waals surface area (Å²) in [6.07, 6.45) is 4.44. The molecule has 0 saturated carbocycles. The molecule has 0 aromatic carbocycles. The molecule has 2 aliphatic rings. The number of aliphatic hydroxyl groups excluding tert-OH is 1. The molecular formula is C10H16O3. The summed E-state index contributed by atoms with van der Waals surface area (Å²) in [5.41, 5.74) is 1.10. The average molecular weight is 184 g/mol. The number of hydrogen-bond donors (Lipinski definition) is 1. The van der Waals surface area contributed by atoms with Crippen molar-refractivity contribution in [1.82, 2.24) is 0 Å². The summed E-state index contributed by atoms with van der Waals surface area (Å²) in [6.45, 7) is 3.25. The predicted octanol–water partition coefficient (Wildman–Crippen LogP) is 1.22. The number of rotatable bonds is 1. The summed E-state index contributed by atoms with van der Waals surface area (Å²) in [6, 6.07) is 0. The Morgan fingerprint density at radius 3 is 2.77 bits per heavy atom. The summed E-state index contributed by atoms with van der Waals surface area (Å²) in [5.74, 6) is -0.554. The van der Waals surface area contributed by atoms with Gasteiger partial charge in [0.25, 0.3) is 0 Å². The third-order valence-corrected chi connectivity index (χ3v) is 2.76. The van der Waals surface area contributed by atoms with E-state index in [2.05, 4.69) is 0 Å². The van der Waals surface area contributed by atoms with Crippen molar-refractivity contribution in [3.8, 4) is 0 Å². The van der Waals surface area contributed by atoms with Crippen LogP contribution in [-0.4, -0.2) is 30.2 Å². The molecule has 1 N–H and O–H groups in total. The zero-order valence-corrected chi connectivity index (χ0v) is 7.95. The van der Waals surface area contributed by atoms with Gasteiger partial charge in [-0.3, -0.25) is 0 Å². The third-order valence-electron chi connectivity index (χ3n) is 2.76. The third kappa shape index (κ3) is 1.77. The highest BCUT2D eigenvalue weighted by molar-refractivity contribution is 5.17. The topological polar surface area (TPSA) is 38.7 Å². The van der Waals surface area contributed by atoms with E-state index in [1.54, 1.807) is 0 Å². The largest absolute Gasteiger partial charge is 0.389 e. The van der Waals surface area contributed by atoms with Gasteiger partial charge in [-0.25, -0.2) is 0 Å². The van der Waals surface area contributed by atoms with Crippen LogP contribution in [-0.2, 0) is 9.47 Å². The molecule has 0 aromatic rings. The first-order valence-electron chi connectivity index (χ1n) is 4.88. The number of hydrogen-bond acceptors (Lipinski definition) is 3. The van der Waals surface area contributed by atoms with Crippen molar-refractivity contribution < 1.29 is 14.6 Å². The van der Waals surface area contributed by atoms with Crippen molar-refractivity contribution in [2.24, 2.45) is 0 Å². The molecule has 1 aliphatic heterocycles. The van der Waals surface area contributed by atoms with Crippen LogP contribution >= 0.6 is 0 Å². The first-order valence-corrected chi connectivity index (χ1v) is 4.88. The summed E-state index contributed by atoms with van der Waals surface area (Å²) in [5, 5.41) is 9.47. The molecular weight excluding hydrogens is 168 g/mol. The standard InChI is InChI=1S/C10H16O3/c1-10(12-5-6-13-10)8-3-2-4-9(11)7-8/h7,9,11H,2-6H2,1H3. The van der Waals surface area contributed by atoms with Crippen LogP contribution in [0.15, 0.2) is 11.6 Å². The Labute approximate surface area is 78.3 Å². The fraction of sp³-hybridized carbons (Fsp3) is 0.800. The van der Waals surface area contributed by atoms with Crippen LogP contribution in [0, 0.1) is 0 Å². The lowest BCUT2D eigenvalue weighted by molar-refractivity contribution is -0.113. The highest BCUT2D eigenvalue weighted by Gasteiger charge is 2.36. The zero-order chi connectivity index (χ0) is 9.31. The monoisotopic (exact) mass is 184 g/mol. The van der Waals surface area contributed by atoms with Crippen molar-refractivity contribution >= 4 is 0 Å². The normalized spacial score (nSPS) is 33.1. The molecule has 3 heteroatoms. The highest BCUT2D eigenvalue weighted by atomic mass is 16.7. The smallest absolute Gasteiger partial charge is 0.188 e. The van der Waals surface area contributed by atoms with Gasteiger partial charge in [0.1, 0.15) is 0 Å². The van der Waals surface area contributed by atoms with Gasteiger partial charge in [-0.1, -0.05) is 6.08 Å². The number of ether oxygens (including phenoxy) is 2. The molecule has 1 fully saturated rings. The van der Waals surface area contributed by atoms with E-state index in [9.17, 15) is 5.11 Å². The molecule has 2 rings (SSSR count). The molecule has 0 amide bonds. The van der Waals surface area contributed by atoms with E-state index in [0.29, 0.717) is 13.2 Å². The zero-order valence-electron chi connectivity index (χ0n) is 7.95. The molecule has 3 nitrogen and oxygen atoms in total. The molecule has 0 radical (unpaired) electrons. The molecule has 1 saturated heterocycles. The second-order valence-corrected chi connectivity index (χ2v) is 3.79. The fourth-order valence-electron chi connectivity index (χ4n) is 1.98. The van der Waals surface area contributed by atoms with E-state index >= 15 is 0 Å². The van der Waals surface area contributed by atoms with E-state index in [1.807, 2.05) is 13.0 Å². The summed E-state index contributed by atoms with van der Waals surface area (Å²) in [4.78, 5) is 0. The minimum atomic E-state index is -0.554. The lowest BCUT2D eigenvalue weighted by Gasteiger charge is -2.29. The minimum Gasteiger partial charge on any atom is -0.389 e. The van der Waals surface area contributed by atoms with Gasteiger partial charge in [0.2, 0.25) is 0 Å². The summed E-state index contributed by atoms with van der Waals surface area (Å²) in [7, 11) is 0. The summed E-state index contributed by atoms with van der Waals surface area (Å²) >= 11 is 0. The molecule has 1 unspecified atom stereocenters. The summed E-state index contributed by atoms with van der Waals surface area (Å²) < 4.78 is 11.1. The highest BCUT2D eigenvalue weighted by Crippen LogP contribution is 2.33. The van der Waals surface area contributed by atoms with Gasteiger partial charge in [-0.2, -0.15) is 0 Å². The predicted molar refractivity (Wildman–Crippen MR) is 48.2 cm³/mol. The minimum absolute atomic E-state index is 0.312. The van der Waals surface area contributed by atoms with E-state index in [1.165, 1.54) is 0 Å². The van der Waals surface area contributed by atoms with Crippen molar-refractivity contribution in [3.63, 3.8) is 0 Å². The molecule has 0 aromatic heterocycles. The Bertz CT molecular complexity index is 216. The second-order valence-electron chi connectivity index (χ2n) is 3.79. The van der Waals surface area contributed by atoms with Crippen molar-refractivity contribution in [2.45, 2.75) is 38.1 Å². The molecule has 74 valence electrons. The van der Waals surface area contributed by atoms with Gasteiger partial charge < -0.3 is 14.6 Å². The Hall–Kier alpha value is -0.380. The van der Waals surface area contributed by atoms with E-state index < -0.39 is 5.79 Å². The molecule has 1 heterocycles. The molecule has 13 heavy (non-hydrogen) atoms. The van der Waals surface area contributed by atoms with Gasteiger partial charge in [-0.05, 0) is 31.8 Å². The Kier molecular flexibility index (Phi) is 2.41. The van der Waals surface area contributed by atoms with Crippen molar-refractivity contribution in [3.05, 3.63) is 11.6 Å². The van der Waals surface area contributed by atoms with Crippen LogP contribution in [0.25, 0.3) is 0 Å². The van der Waals surface area contributed by atoms with Crippen LogP contribution in [0.1, 0.15) is 26.2 Å². The van der Waals surface area contributed by atoms with E-state index in [4.69, 9.17) is 9.47 Å². The van der Waals surface area contributed by atoms with Gasteiger partial charge in [0.15, 0.2) is 5.79 Å². The van der Waals surface area contributed by atoms with Crippen molar-refractivity contribution in [1.29, 1.82) is 0 Å². The lowest BCUT2D eigenvalue weighted by atomic mass is 9.92. The van der Waals surface area contributed by atoms with Crippen LogP contribution in [0.2, 0.25) is 0 Å². The maximum atomic E-state index is 9.47. The SMILES string of the molecule is CC1(C2=CC(O)CCC2)OCCO1. The van der Waals surface area contributed by atoms with Gasteiger partial charge in [0.05, 0.1) is 19.3 Å². The Morgan fingerprint density at radius 2 is 2.15 bits per heavy atom. The number of aliphatic hydroxyl groups is 1. The van der Waals surface area contributed by atoms with Crippen LogP contribution in [0.3, 0.4) is 0 Å². The van der Waals surface area contributed by atoms with Crippen molar-refractivity contribution in [2.75, 3.05) is 13.2 Å². The Morgan fingerprint density at radius 1 is 1.46 bits per heavy atom. The van der Waals surface area contributed by atoms with Gasteiger partial charge in [-0.15, -0.1) is 0 Å². The van der Waals surface area contributed by atoms with Crippen LogP contribution in [0.4, 0.5) is 0 Å². The first-order chi connectivity index (χ1) is 6.21. The second kappa shape index (κ2) is 3.40. The molecule has 0 bridgehead atoms. The van der Waals surface area contributed by atoms with E-state index in [0.717, 1.165) is 24.8 Å². The van der Waals surface area contributed by atoms with Crippen LogP contribution < -0.4 is 0 Å². The van der Waals surface area contributed by atoms with Gasteiger partial charge in [0, 0.05) is 0 Å². The maximum Gasteiger partial charge on any atom is 0.188 e. The molecule has 0 spiro atoms. The quantitative estimate of drug-likeness (QED) is 0.623. The molecule has 1 atom stereocenters. The molecule has 1 aliphatic carbocycles. The van der Waals surface area contributed by atoms with Crippen LogP contribution in [0.5, 0.6) is 0 Å². The Balaban J connectivity index is 2.14. The first kappa shape index (κ1) is 9.19. The fourth-order valence-corrected chi connectivity index (χ4v) is 1.98. The van der Waals surface area contributed by atoms with E-state index in [-0.39, 0.29) is 6.10 Å². The average Bonchev–Trinajstić information content (AvgIpc) is 2.54. The maximum absolute atomic E-state index is 9.47. The lowest BCUT2D eigenvalue weighted by Crippen LogP contribution is -2.31.